The number of para-hydroxylation sites is 1. The molecule has 2 aromatic carbocycles. The summed E-state index contributed by atoms with van der Waals surface area (Å²) in [7, 11) is 1.45. The number of nitrogens with zero attached hydrogens (tertiary/aromatic N) is 1. The largest absolute Gasteiger partial charge is 0.493 e. The molecule has 2 amide bonds. The summed E-state index contributed by atoms with van der Waals surface area (Å²) in [5.74, 6) is -0.865. The van der Waals surface area contributed by atoms with Crippen molar-refractivity contribution in [3.8, 4) is 11.5 Å². The van der Waals surface area contributed by atoms with Crippen LogP contribution in [0.1, 0.15) is 19.4 Å². The van der Waals surface area contributed by atoms with Gasteiger partial charge in [0, 0.05) is 0 Å². The molecule has 1 fully saturated rings. The number of benzene rings is 2. The van der Waals surface area contributed by atoms with Gasteiger partial charge < -0.3 is 14.2 Å². The number of nitrogens with one attached hydrogen (secondary N) is 1. The van der Waals surface area contributed by atoms with Crippen LogP contribution in [-0.4, -0.2) is 37.6 Å². The second-order valence-electron chi connectivity index (χ2n) is 6.84. The Morgan fingerprint density at radius 2 is 1.90 bits per heavy atom. The Bertz CT molecular complexity index is 1040. The number of hydrogen-bond donors (Lipinski definition) is 1. The summed E-state index contributed by atoms with van der Waals surface area (Å²) in [5, 5.41) is 1.19. The van der Waals surface area contributed by atoms with E-state index in [0.29, 0.717) is 27.2 Å². The molecule has 0 radical (unpaired) electrons. The van der Waals surface area contributed by atoms with Crippen LogP contribution in [0.25, 0.3) is 6.08 Å². The topological polar surface area (TPSA) is 94.2 Å². The quantitative estimate of drug-likeness (QED) is 0.365. The van der Waals surface area contributed by atoms with Crippen LogP contribution in [-0.2, 0) is 19.1 Å². The van der Waals surface area contributed by atoms with Crippen LogP contribution in [0.5, 0.6) is 11.5 Å². The molecule has 2 aromatic rings. The van der Waals surface area contributed by atoms with Gasteiger partial charge in [-0.05, 0) is 65.7 Å². The molecule has 0 bridgehead atoms. The summed E-state index contributed by atoms with van der Waals surface area (Å²) < 4.78 is 16.4. The van der Waals surface area contributed by atoms with Gasteiger partial charge in [0.15, 0.2) is 18.1 Å². The molecule has 1 aliphatic rings. The summed E-state index contributed by atoms with van der Waals surface area (Å²) in [6, 6.07) is 12.1. The van der Waals surface area contributed by atoms with Crippen molar-refractivity contribution < 1.29 is 28.6 Å². The van der Waals surface area contributed by atoms with Crippen molar-refractivity contribution in [3.05, 3.63) is 58.1 Å². The van der Waals surface area contributed by atoms with Crippen LogP contribution >= 0.6 is 15.9 Å². The van der Waals surface area contributed by atoms with Crippen LogP contribution in [0.3, 0.4) is 0 Å². The average molecular weight is 489 g/mol. The van der Waals surface area contributed by atoms with Gasteiger partial charge >= 0.3 is 5.97 Å². The lowest BCUT2D eigenvalue weighted by molar-refractivity contribution is -0.149. The van der Waals surface area contributed by atoms with E-state index in [9.17, 15) is 14.4 Å². The minimum atomic E-state index is -0.513. The fourth-order valence-electron chi connectivity index (χ4n) is 2.87. The fraction of sp³-hybridized carbons (Fsp3) is 0.227. The molecule has 0 aliphatic carbocycles. The maximum absolute atomic E-state index is 12.7. The molecule has 0 unspecified atom stereocenters. The molecule has 1 saturated heterocycles. The first kappa shape index (κ1) is 22.4. The first-order chi connectivity index (χ1) is 14.8. The van der Waals surface area contributed by atoms with Gasteiger partial charge in [-0.1, -0.05) is 18.2 Å². The minimum absolute atomic E-state index is 0.0213. The van der Waals surface area contributed by atoms with Crippen LogP contribution in [0, 0.1) is 0 Å². The molecule has 1 heterocycles. The first-order valence-electron chi connectivity index (χ1n) is 9.42. The number of rotatable bonds is 7. The Hall–Kier alpha value is -3.33. The van der Waals surface area contributed by atoms with Crippen LogP contribution in [0.15, 0.2) is 52.5 Å². The van der Waals surface area contributed by atoms with Gasteiger partial charge in [-0.2, -0.15) is 0 Å². The Morgan fingerprint density at radius 3 is 2.55 bits per heavy atom. The maximum atomic E-state index is 12.7. The SMILES string of the molecule is COc1cc(C=C2C(=O)NN(c3ccccc3)C2=O)cc(Br)c1OCC(=O)OC(C)C. The zero-order valence-corrected chi connectivity index (χ0v) is 18.8. The predicted octanol–water partition coefficient (Wildman–Crippen LogP) is 3.25. The Labute approximate surface area is 187 Å². The molecule has 0 atom stereocenters. The number of carbonyl (C=O) groups excluding carboxylic acids is 3. The number of anilines is 1. The molecule has 0 spiro atoms. The molecule has 1 aliphatic heterocycles. The summed E-state index contributed by atoms with van der Waals surface area (Å²) in [5.41, 5.74) is 3.62. The minimum Gasteiger partial charge on any atom is -0.493 e. The second-order valence-corrected chi connectivity index (χ2v) is 7.69. The van der Waals surface area contributed by atoms with Gasteiger partial charge in [0.2, 0.25) is 0 Å². The highest BCUT2D eigenvalue weighted by Gasteiger charge is 2.34. The third kappa shape index (κ3) is 5.24. The molecule has 3 rings (SSSR count). The predicted molar refractivity (Wildman–Crippen MR) is 117 cm³/mol. The summed E-state index contributed by atoms with van der Waals surface area (Å²) in [6.45, 7) is 3.20. The first-order valence-corrected chi connectivity index (χ1v) is 10.2. The molecular formula is C22H21BrN2O6. The van der Waals surface area contributed by atoms with Gasteiger partial charge in [0.25, 0.3) is 11.8 Å². The molecule has 0 aromatic heterocycles. The fourth-order valence-corrected chi connectivity index (χ4v) is 3.45. The van der Waals surface area contributed by atoms with Gasteiger partial charge in [0.05, 0.1) is 23.4 Å². The highest BCUT2D eigenvalue weighted by molar-refractivity contribution is 9.10. The maximum Gasteiger partial charge on any atom is 0.344 e. The van der Waals surface area contributed by atoms with Crippen molar-refractivity contribution in [2.75, 3.05) is 18.7 Å². The van der Waals surface area contributed by atoms with E-state index >= 15 is 0 Å². The van der Waals surface area contributed by atoms with Gasteiger partial charge in [-0.15, -0.1) is 0 Å². The van der Waals surface area contributed by atoms with E-state index in [2.05, 4.69) is 21.4 Å². The summed E-state index contributed by atoms with van der Waals surface area (Å²) in [4.78, 5) is 36.9. The van der Waals surface area contributed by atoms with E-state index in [-0.39, 0.29) is 18.3 Å². The van der Waals surface area contributed by atoms with E-state index in [1.807, 2.05) is 6.07 Å². The highest BCUT2D eigenvalue weighted by atomic mass is 79.9. The van der Waals surface area contributed by atoms with E-state index in [4.69, 9.17) is 14.2 Å². The number of ether oxygens (including phenoxy) is 3. The van der Waals surface area contributed by atoms with Crippen molar-refractivity contribution in [2.24, 2.45) is 0 Å². The number of amides is 2. The molecule has 1 N–H and O–H groups in total. The van der Waals surface area contributed by atoms with Crippen LogP contribution in [0.2, 0.25) is 0 Å². The zero-order chi connectivity index (χ0) is 22.5. The smallest absolute Gasteiger partial charge is 0.344 e. The number of hydrogen-bond acceptors (Lipinski definition) is 6. The number of methoxy groups -OCH3 is 1. The summed E-state index contributed by atoms with van der Waals surface area (Å²) in [6.07, 6.45) is 1.21. The van der Waals surface area contributed by atoms with E-state index in [1.54, 1.807) is 50.2 Å². The molecular weight excluding hydrogens is 468 g/mol. The lowest BCUT2D eigenvalue weighted by atomic mass is 10.1. The number of hydrazine groups is 1. The number of carbonyl (C=O) groups is 3. The van der Waals surface area contributed by atoms with E-state index < -0.39 is 17.8 Å². The van der Waals surface area contributed by atoms with Crippen molar-refractivity contribution in [1.29, 1.82) is 0 Å². The highest BCUT2D eigenvalue weighted by Crippen LogP contribution is 2.37. The monoisotopic (exact) mass is 488 g/mol. The van der Waals surface area contributed by atoms with Crippen molar-refractivity contribution in [2.45, 2.75) is 20.0 Å². The van der Waals surface area contributed by atoms with E-state index in [0.717, 1.165) is 0 Å². The zero-order valence-electron chi connectivity index (χ0n) is 17.2. The van der Waals surface area contributed by atoms with Gasteiger partial charge in [0.1, 0.15) is 5.57 Å². The number of halogens is 1. The third-order valence-corrected chi connectivity index (χ3v) is 4.76. The third-order valence-electron chi connectivity index (χ3n) is 4.17. The van der Waals surface area contributed by atoms with Crippen molar-refractivity contribution in [3.63, 3.8) is 0 Å². The normalized spacial score (nSPS) is 14.7. The van der Waals surface area contributed by atoms with Gasteiger partial charge in [-0.25, -0.2) is 9.80 Å². The summed E-state index contributed by atoms with van der Waals surface area (Å²) >= 11 is 3.39. The van der Waals surface area contributed by atoms with Crippen molar-refractivity contribution >= 4 is 45.5 Å². The Kier molecular flexibility index (Phi) is 6.96. The Balaban J connectivity index is 1.84. The van der Waals surface area contributed by atoms with Crippen LogP contribution < -0.4 is 19.9 Å². The lowest BCUT2D eigenvalue weighted by Crippen LogP contribution is -2.35. The van der Waals surface area contributed by atoms with Gasteiger partial charge in [-0.3, -0.25) is 15.0 Å². The standard InChI is InChI=1S/C22H21BrN2O6/c1-13(2)31-19(26)12-30-20-17(23)10-14(11-18(20)29-3)9-16-21(27)24-25(22(16)28)15-7-5-4-6-8-15/h4-11,13H,12H2,1-3H3,(H,24,27). The molecule has 9 heteroatoms. The molecule has 0 saturated carbocycles. The second kappa shape index (κ2) is 9.65. The molecule has 8 nitrogen and oxygen atoms in total. The van der Waals surface area contributed by atoms with Crippen LogP contribution in [0.4, 0.5) is 5.69 Å². The number of esters is 1. The average Bonchev–Trinajstić information content (AvgIpc) is 3.01. The van der Waals surface area contributed by atoms with E-state index in [1.165, 1.54) is 18.2 Å². The molecule has 162 valence electrons. The molecule has 31 heavy (non-hydrogen) atoms. The van der Waals surface area contributed by atoms with Crippen molar-refractivity contribution in [1.82, 2.24) is 5.43 Å². The Morgan fingerprint density at radius 1 is 1.19 bits per heavy atom. The lowest BCUT2D eigenvalue weighted by Gasteiger charge is -2.14.